The van der Waals surface area contributed by atoms with Crippen LogP contribution in [-0.4, -0.2) is 40.3 Å². The van der Waals surface area contributed by atoms with Crippen LogP contribution in [0.5, 0.6) is 5.75 Å². The predicted octanol–water partition coefficient (Wildman–Crippen LogP) is 2.70. The van der Waals surface area contributed by atoms with Crippen molar-refractivity contribution in [2.24, 2.45) is 0 Å². The molecule has 0 saturated carbocycles. The molecular formula is C21H26N2O4S. The molecule has 3 rings (SSSR count). The molecule has 0 spiro atoms. The molecule has 2 aromatic rings. The summed E-state index contributed by atoms with van der Waals surface area (Å²) in [4.78, 5) is 12.3. The average molecular weight is 403 g/mol. The predicted molar refractivity (Wildman–Crippen MR) is 110 cm³/mol. The monoisotopic (exact) mass is 402 g/mol. The van der Waals surface area contributed by atoms with Crippen LogP contribution < -0.4 is 14.4 Å². The van der Waals surface area contributed by atoms with Crippen molar-refractivity contribution in [1.82, 2.24) is 5.32 Å². The zero-order chi connectivity index (χ0) is 20.1. The van der Waals surface area contributed by atoms with Crippen LogP contribution in [-0.2, 0) is 21.2 Å². The molecule has 0 bridgehead atoms. The van der Waals surface area contributed by atoms with E-state index in [1.807, 2.05) is 55.5 Å². The van der Waals surface area contributed by atoms with Crippen molar-refractivity contribution in [2.45, 2.75) is 25.7 Å². The fourth-order valence-electron chi connectivity index (χ4n) is 3.56. The quantitative estimate of drug-likeness (QED) is 0.737. The van der Waals surface area contributed by atoms with E-state index in [-0.39, 0.29) is 30.5 Å². The third-order valence-electron chi connectivity index (χ3n) is 5.02. The van der Waals surface area contributed by atoms with Gasteiger partial charge >= 0.3 is 0 Å². The molecule has 1 aliphatic heterocycles. The van der Waals surface area contributed by atoms with Gasteiger partial charge in [0, 0.05) is 19.5 Å². The molecule has 1 aliphatic rings. The standard InChI is InChI=1S/C21H26N2O4S/c1-16(18-8-4-6-10-20(18)27-2)15-21(24)22-12-14-28(25,26)23-13-11-17-7-3-5-9-19(17)23/h3-10,16H,11-15H2,1-2H3,(H,22,24). The molecule has 0 fully saturated rings. The van der Waals surface area contributed by atoms with Gasteiger partial charge in [0.25, 0.3) is 0 Å². The summed E-state index contributed by atoms with van der Waals surface area (Å²) in [5.74, 6) is 0.433. The highest BCUT2D eigenvalue weighted by Gasteiger charge is 2.28. The fraction of sp³-hybridized carbons (Fsp3) is 0.381. The first-order valence-electron chi connectivity index (χ1n) is 9.40. The van der Waals surface area contributed by atoms with Crippen molar-refractivity contribution < 1.29 is 17.9 Å². The van der Waals surface area contributed by atoms with Gasteiger partial charge in [-0.05, 0) is 35.6 Å². The number of amides is 1. The third-order valence-corrected chi connectivity index (χ3v) is 6.79. The van der Waals surface area contributed by atoms with Gasteiger partial charge in [-0.15, -0.1) is 0 Å². The number of anilines is 1. The molecule has 0 radical (unpaired) electrons. The van der Waals surface area contributed by atoms with E-state index in [9.17, 15) is 13.2 Å². The van der Waals surface area contributed by atoms with Gasteiger partial charge in [-0.1, -0.05) is 43.3 Å². The van der Waals surface area contributed by atoms with Gasteiger partial charge < -0.3 is 10.1 Å². The Morgan fingerprint density at radius 3 is 2.68 bits per heavy atom. The second-order valence-electron chi connectivity index (χ2n) is 6.96. The van der Waals surface area contributed by atoms with Crippen LogP contribution in [0.4, 0.5) is 5.69 Å². The number of nitrogens with zero attached hydrogens (tertiary/aromatic N) is 1. The Morgan fingerprint density at radius 2 is 1.89 bits per heavy atom. The van der Waals surface area contributed by atoms with Crippen LogP contribution in [0.25, 0.3) is 0 Å². The maximum absolute atomic E-state index is 12.7. The normalized spacial score (nSPS) is 14.4. The van der Waals surface area contributed by atoms with E-state index in [2.05, 4.69) is 5.32 Å². The van der Waals surface area contributed by atoms with E-state index in [0.29, 0.717) is 6.54 Å². The first kappa shape index (κ1) is 20.2. The van der Waals surface area contributed by atoms with Crippen molar-refractivity contribution >= 4 is 21.6 Å². The number of carbonyl (C=O) groups is 1. The maximum atomic E-state index is 12.7. The Morgan fingerprint density at radius 1 is 1.18 bits per heavy atom. The molecular weight excluding hydrogens is 376 g/mol. The lowest BCUT2D eigenvalue weighted by Crippen LogP contribution is -2.37. The number of ether oxygens (including phenoxy) is 1. The molecule has 7 heteroatoms. The minimum atomic E-state index is -3.46. The lowest BCUT2D eigenvalue weighted by molar-refractivity contribution is -0.121. The highest BCUT2D eigenvalue weighted by atomic mass is 32.2. The van der Waals surface area contributed by atoms with Gasteiger partial charge in [-0.3, -0.25) is 9.10 Å². The van der Waals surface area contributed by atoms with Crippen LogP contribution in [0.15, 0.2) is 48.5 Å². The van der Waals surface area contributed by atoms with Crippen molar-refractivity contribution in [3.63, 3.8) is 0 Å². The minimum absolute atomic E-state index is 0.0294. The fourth-order valence-corrected chi connectivity index (χ4v) is 4.99. The van der Waals surface area contributed by atoms with E-state index in [1.165, 1.54) is 4.31 Å². The van der Waals surface area contributed by atoms with Gasteiger partial charge in [0.05, 0.1) is 18.6 Å². The van der Waals surface area contributed by atoms with Crippen molar-refractivity contribution in [2.75, 3.05) is 30.3 Å². The number of carbonyl (C=O) groups excluding carboxylic acids is 1. The summed E-state index contributed by atoms with van der Waals surface area (Å²) in [5, 5.41) is 2.74. The number of para-hydroxylation sites is 2. The van der Waals surface area contributed by atoms with Gasteiger partial charge in [-0.2, -0.15) is 0 Å². The molecule has 28 heavy (non-hydrogen) atoms. The molecule has 1 unspecified atom stereocenters. The SMILES string of the molecule is COc1ccccc1C(C)CC(=O)NCCS(=O)(=O)N1CCc2ccccc21. The lowest BCUT2D eigenvalue weighted by Gasteiger charge is -2.20. The van der Waals surface area contributed by atoms with Crippen LogP contribution >= 0.6 is 0 Å². The lowest BCUT2D eigenvalue weighted by atomic mass is 9.96. The third kappa shape index (κ3) is 4.47. The summed E-state index contributed by atoms with van der Waals surface area (Å²) in [7, 11) is -1.86. The number of sulfonamides is 1. The van der Waals surface area contributed by atoms with E-state index < -0.39 is 10.0 Å². The topological polar surface area (TPSA) is 75.7 Å². The summed E-state index contributed by atoms with van der Waals surface area (Å²) >= 11 is 0. The van der Waals surface area contributed by atoms with Crippen molar-refractivity contribution in [3.8, 4) is 5.75 Å². The number of hydrogen-bond acceptors (Lipinski definition) is 4. The molecule has 1 amide bonds. The Bertz CT molecular complexity index is 943. The molecule has 1 heterocycles. The second-order valence-corrected chi connectivity index (χ2v) is 8.98. The van der Waals surface area contributed by atoms with E-state index in [0.717, 1.165) is 29.0 Å². The number of hydrogen-bond donors (Lipinski definition) is 1. The van der Waals surface area contributed by atoms with Crippen LogP contribution in [0.3, 0.4) is 0 Å². The zero-order valence-corrected chi connectivity index (χ0v) is 17.0. The Balaban J connectivity index is 1.53. The van der Waals surface area contributed by atoms with Gasteiger partial charge in [0.15, 0.2) is 0 Å². The number of nitrogens with one attached hydrogen (secondary N) is 1. The number of rotatable bonds is 8. The first-order valence-corrected chi connectivity index (χ1v) is 11.0. The molecule has 2 aromatic carbocycles. The van der Waals surface area contributed by atoms with E-state index in [4.69, 9.17) is 4.74 Å². The molecule has 6 nitrogen and oxygen atoms in total. The first-order chi connectivity index (χ1) is 13.4. The Hall–Kier alpha value is -2.54. The number of benzene rings is 2. The molecule has 0 aliphatic carbocycles. The highest BCUT2D eigenvalue weighted by Crippen LogP contribution is 2.30. The van der Waals surface area contributed by atoms with Gasteiger partial charge in [-0.25, -0.2) is 8.42 Å². The molecule has 0 saturated heterocycles. The number of fused-ring (bicyclic) bond motifs is 1. The Labute approximate surface area is 166 Å². The van der Waals surface area contributed by atoms with E-state index >= 15 is 0 Å². The summed E-state index contributed by atoms with van der Waals surface area (Å²) in [5.41, 5.74) is 2.75. The molecule has 1 atom stereocenters. The summed E-state index contributed by atoms with van der Waals surface area (Å²) in [6, 6.07) is 15.1. The van der Waals surface area contributed by atoms with Gasteiger partial charge in [0.1, 0.15) is 5.75 Å². The van der Waals surface area contributed by atoms with Crippen LogP contribution in [0.2, 0.25) is 0 Å². The van der Waals surface area contributed by atoms with Crippen LogP contribution in [0.1, 0.15) is 30.4 Å². The zero-order valence-electron chi connectivity index (χ0n) is 16.2. The summed E-state index contributed by atoms with van der Waals surface area (Å²) in [6.45, 7) is 2.51. The van der Waals surface area contributed by atoms with Crippen molar-refractivity contribution in [3.05, 3.63) is 59.7 Å². The summed E-state index contributed by atoms with van der Waals surface area (Å²) < 4.78 is 32.1. The number of methoxy groups -OCH3 is 1. The maximum Gasteiger partial charge on any atom is 0.236 e. The average Bonchev–Trinajstić information content (AvgIpc) is 3.12. The molecule has 0 aromatic heterocycles. The minimum Gasteiger partial charge on any atom is -0.496 e. The highest BCUT2D eigenvalue weighted by molar-refractivity contribution is 7.92. The summed E-state index contributed by atoms with van der Waals surface area (Å²) in [6.07, 6.45) is 0.991. The molecule has 1 N–H and O–H groups in total. The Kier molecular flexibility index (Phi) is 6.24. The second kappa shape index (κ2) is 8.65. The van der Waals surface area contributed by atoms with Gasteiger partial charge in [0.2, 0.25) is 15.9 Å². The van der Waals surface area contributed by atoms with E-state index in [1.54, 1.807) is 7.11 Å². The van der Waals surface area contributed by atoms with Crippen LogP contribution in [0, 0.1) is 0 Å². The molecule has 150 valence electrons. The smallest absolute Gasteiger partial charge is 0.236 e. The largest absolute Gasteiger partial charge is 0.496 e. The van der Waals surface area contributed by atoms with Crippen molar-refractivity contribution in [1.29, 1.82) is 0 Å².